The molecule has 0 spiro atoms. The summed E-state index contributed by atoms with van der Waals surface area (Å²) in [6, 6.07) is 14.8. The quantitative estimate of drug-likeness (QED) is 0.575. The maximum absolute atomic E-state index is 13.4. The minimum absolute atomic E-state index is 0.159. The summed E-state index contributed by atoms with van der Waals surface area (Å²) in [5.74, 6) is -0.392. The Bertz CT molecular complexity index is 1110. The van der Waals surface area contributed by atoms with Gasteiger partial charge in [-0.2, -0.15) is 4.68 Å². The highest BCUT2D eigenvalue weighted by molar-refractivity contribution is 6.15. The number of nitrogen functional groups attached to an aromatic ring is 1. The molecular formula is C22H23N5O3. The number of rotatable bonds is 4. The number of hydrogen-bond donors (Lipinski definition) is 3. The van der Waals surface area contributed by atoms with Crippen molar-refractivity contribution in [1.82, 2.24) is 15.1 Å². The number of nitrogens with two attached hydrogens (primary N) is 1. The second-order valence-electron chi connectivity index (χ2n) is 7.81. The molecule has 2 aliphatic rings. The molecular weight excluding hydrogens is 382 g/mol. The molecule has 1 atom stereocenters. The van der Waals surface area contributed by atoms with Crippen LogP contribution in [0.25, 0.3) is 10.9 Å². The van der Waals surface area contributed by atoms with E-state index in [1.165, 1.54) is 4.68 Å². The Morgan fingerprint density at radius 3 is 2.67 bits per heavy atom. The minimum Gasteiger partial charge on any atom is -0.382 e. The third-order valence-electron chi connectivity index (χ3n) is 5.86. The third-order valence-corrected chi connectivity index (χ3v) is 5.86. The van der Waals surface area contributed by atoms with E-state index in [1.807, 2.05) is 36.4 Å². The molecule has 1 amide bonds. The Morgan fingerprint density at radius 2 is 1.97 bits per heavy atom. The lowest BCUT2D eigenvalue weighted by Gasteiger charge is -2.24. The highest BCUT2D eigenvalue weighted by atomic mass is 16.5. The van der Waals surface area contributed by atoms with Crippen molar-refractivity contribution >= 4 is 34.2 Å². The fourth-order valence-electron chi connectivity index (χ4n) is 4.05. The van der Waals surface area contributed by atoms with Crippen molar-refractivity contribution < 1.29 is 14.3 Å². The number of benzene rings is 2. The van der Waals surface area contributed by atoms with Crippen LogP contribution in [0.4, 0.5) is 11.5 Å². The first-order valence-electron chi connectivity index (χ1n) is 10.1. The second kappa shape index (κ2) is 7.23. The SMILES string of the molecule is Nc1nn(C(=O)C2(C(=O)Nc3ccccc3)CC2)c2cccc(C3CNCCO3)c12. The number of fused-ring (bicyclic) bond motifs is 1. The molecule has 4 N–H and O–H groups in total. The zero-order chi connectivity index (χ0) is 20.7. The maximum Gasteiger partial charge on any atom is 0.263 e. The molecule has 30 heavy (non-hydrogen) atoms. The van der Waals surface area contributed by atoms with Gasteiger partial charge in [-0.05, 0) is 36.6 Å². The number of morpholine rings is 1. The van der Waals surface area contributed by atoms with Crippen LogP contribution in [0, 0.1) is 5.41 Å². The van der Waals surface area contributed by atoms with Gasteiger partial charge in [0.25, 0.3) is 5.91 Å². The highest BCUT2D eigenvalue weighted by Gasteiger charge is 2.57. The van der Waals surface area contributed by atoms with E-state index < -0.39 is 5.41 Å². The number of ether oxygens (including phenoxy) is 1. The Labute approximate surface area is 173 Å². The molecule has 2 heterocycles. The molecule has 1 aliphatic heterocycles. The van der Waals surface area contributed by atoms with Crippen LogP contribution in [0.15, 0.2) is 48.5 Å². The molecule has 8 heteroatoms. The van der Waals surface area contributed by atoms with Crippen LogP contribution in [-0.4, -0.2) is 41.3 Å². The maximum atomic E-state index is 13.4. The van der Waals surface area contributed by atoms with E-state index in [0.29, 0.717) is 42.6 Å². The Balaban J connectivity index is 1.49. The number of nitrogens with zero attached hydrogens (tertiary/aromatic N) is 2. The van der Waals surface area contributed by atoms with Crippen LogP contribution >= 0.6 is 0 Å². The number of para-hydroxylation sites is 1. The topological polar surface area (TPSA) is 111 Å². The first kappa shape index (κ1) is 18.8. The fraction of sp³-hybridized carbons (Fsp3) is 0.318. The van der Waals surface area contributed by atoms with Crippen LogP contribution in [0.5, 0.6) is 0 Å². The summed E-state index contributed by atoms with van der Waals surface area (Å²) in [6.07, 6.45) is 0.816. The van der Waals surface area contributed by atoms with E-state index in [9.17, 15) is 9.59 Å². The first-order valence-corrected chi connectivity index (χ1v) is 10.1. The molecule has 5 rings (SSSR count). The number of carbonyl (C=O) groups excluding carboxylic acids is 2. The predicted octanol–water partition coefficient (Wildman–Crippen LogP) is 2.34. The summed E-state index contributed by atoms with van der Waals surface area (Å²) in [5, 5.41) is 11.2. The lowest BCUT2D eigenvalue weighted by atomic mass is 10.0. The van der Waals surface area contributed by atoms with Crippen molar-refractivity contribution in [2.24, 2.45) is 5.41 Å². The first-order chi connectivity index (χ1) is 14.6. The van der Waals surface area contributed by atoms with Gasteiger partial charge in [-0.1, -0.05) is 30.3 Å². The third kappa shape index (κ3) is 3.05. The van der Waals surface area contributed by atoms with Crippen LogP contribution in [0.3, 0.4) is 0 Å². The summed E-state index contributed by atoms with van der Waals surface area (Å²) >= 11 is 0. The van der Waals surface area contributed by atoms with Crippen molar-refractivity contribution in [3.05, 3.63) is 54.1 Å². The van der Waals surface area contributed by atoms with Gasteiger partial charge in [0.2, 0.25) is 5.91 Å². The number of anilines is 2. The van der Waals surface area contributed by atoms with Crippen LogP contribution in [0.2, 0.25) is 0 Å². The van der Waals surface area contributed by atoms with Crippen molar-refractivity contribution in [2.45, 2.75) is 18.9 Å². The average molecular weight is 405 g/mol. The standard InChI is InChI=1S/C22H23N5O3/c23-19-18-15(17-13-24-11-12-30-17)7-4-8-16(18)27(26-19)21(29)22(9-10-22)20(28)25-14-5-2-1-3-6-14/h1-8,17,24H,9-13H2,(H2,23,26)(H,25,28). The molecule has 2 aromatic carbocycles. The largest absolute Gasteiger partial charge is 0.382 e. The number of aromatic nitrogens is 2. The lowest BCUT2D eigenvalue weighted by molar-refractivity contribution is -0.119. The number of nitrogens with one attached hydrogen (secondary N) is 2. The van der Waals surface area contributed by atoms with Gasteiger partial charge in [0.1, 0.15) is 5.41 Å². The van der Waals surface area contributed by atoms with Gasteiger partial charge in [-0.15, -0.1) is 5.10 Å². The number of hydrogen-bond acceptors (Lipinski definition) is 6. The van der Waals surface area contributed by atoms with Gasteiger partial charge in [0.05, 0.1) is 23.6 Å². The molecule has 8 nitrogen and oxygen atoms in total. The van der Waals surface area contributed by atoms with Crippen LogP contribution in [0.1, 0.15) is 29.3 Å². The Kier molecular flexibility index (Phi) is 4.52. The van der Waals surface area contributed by atoms with Crippen LogP contribution < -0.4 is 16.4 Å². The number of carbonyl (C=O) groups is 2. The van der Waals surface area contributed by atoms with Gasteiger partial charge in [-0.25, -0.2) is 0 Å². The van der Waals surface area contributed by atoms with E-state index >= 15 is 0 Å². The molecule has 1 saturated carbocycles. The van der Waals surface area contributed by atoms with Gasteiger partial charge < -0.3 is 21.1 Å². The van der Waals surface area contributed by atoms with E-state index in [1.54, 1.807) is 12.1 Å². The van der Waals surface area contributed by atoms with Crippen molar-refractivity contribution in [3.8, 4) is 0 Å². The Hall–Kier alpha value is -3.23. The summed E-state index contributed by atoms with van der Waals surface area (Å²) < 4.78 is 7.17. The normalized spacial score (nSPS) is 20.1. The summed E-state index contributed by atoms with van der Waals surface area (Å²) in [5.41, 5.74) is 7.27. The molecule has 0 bridgehead atoms. The van der Waals surface area contributed by atoms with Gasteiger partial charge >= 0.3 is 0 Å². The molecule has 1 saturated heterocycles. The van der Waals surface area contributed by atoms with E-state index in [0.717, 1.165) is 12.1 Å². The Morgan fingerprint density at radius 1 is 1.17 bits per heavy atom. The van der Waals surface area contributed by atoms with E-state index in [2.05, 4.69) is 15.7 Å². The minimum atomic E-state index is -1.11. The molecule has 1 aromatic heterocycles. The van der Waals surface area contributed by atoms with Crippen molar-refractivity contribution in [3.63, 3.8) is 0 Å². The molecule has 154 valence electrons. The molecule has 0 radical (unpaired) electrons. The molecule has 1 unspecified atom stereocenters. The highest BCUT2D eigenvalue weighted by Crippen LogP contribution is 2.48. The van der Waals surface area contributed by atoms with Crippen molar-refractivity contribution in [1.29, 1.82) is 0 Å². The summed E-state index contributed by atoms with van der Waals surface area (Å²) in [7, 11) is 0. The summed E-state index contributed by atoms with van der Waals surface area (Å²) in [4.78, 5) is 26.4. The average Bonchev–Trinajstić information content (AvgIpc) is 3.53. The van der Waals surface area contributed by atoms with E-state index in [-0.39, 0.29) is 23.7 Å². The second-order valence-corrected chi connectivity index (χ2v) is 7.81. The number of amides is 1. The van der Waals surface area contributed by atoms with Gasteiger partial charge in [0, 0.05) is 18.8 Å². The molecule has 3 aromatic rings. The smallest absolute Gasteiger partial charge is 0.263 e. The summed E-state index contributed by atoms with van der Waals surface area (Å²) in [6.45, 7) is 2.08. The molecule has 2 fully saturated rings. The fourth-order valence-corrected chi connectivity index (χ4v) is 4.05. The zero-order valence-corrected chi connectivity index (χ0v) is 16.4. The zero-order valence-electron chi connectivity index (χ0n) is 16.4. The monoisotopic (exact) mass is 405 g/mol. The lowest BCUT2D eigenvalue weighted by Crippen LogP contribution is -2.35. The van der Waals surface area contributed by atoms with Crippen molar-refractivity contribution in [2.75, 3.05) is 30.7 Å². The van der Waals surface area contributed by atoms with Gasteiger partial charge in [0.15, 0.2) is 5.82 Å². The van der Waals surface area contributed by atoms with Gasteiger partial charge in [-0.3, -0.25) is 9.59 Å². The predicted molar refractivity (Wildman–Crippen MR) is 113 cm³/mol. The van der Waals surface area contributed by atoms with Crippen LogP contribution in [-0.2, 0) is 9.53 Å². The van der Waals surface area contributed by atoms with E-state index in [4.69, 9.17) is 10.5 Å². The molecule has 1 aliphatic carbocycles.